The summed E-state index contributed by atoms with van der Waals surface area (Å²) in [4.78, 5) is 16.7. The van der Waals surface area contributed by atoms with Crippen LogP contribution in [0.15, 0.2) is 60.0 Å². The van der Waals surface area contributed by atoms with Crippen molar-refractivity contribution >= 4 is 29.1 Å². The van der Waals surface area contributed by atoms with Gasteiger partial charge in [0.05, 0.1) is 35.1 Å². The second kappa shape index (κ2) is 9.90. The van der Waals surface area contributed by atoms with Crippen LogP contribution in [0.1, 0.15) is 27.0 Å². The second-order valence-electron chi connectivity index (χ2n) is 6.56. The van der Waals surface area contributed by atoms with E-state index in [1.807, 2.05) is 31.2 Å². The molecule has 0 aliphatic carbocycles. The zero-order valence-corrected chi connectivity index (χ0v) is 17.6. The predicted octanol–water partition coefficient (Wildman–Crippen LogP) is 4.28. The Morgan fingerprint density at radius 2 is 1.97 bits per heavy atom. The Labute approximate surface area is 183 Å². The van der Waals surface area contributed by atoms with E-state index >= 15 is 4.39 Å². The lowest BCUT2D eigenvalue weighted by atomic mass is 10.1. The maximum Gasteiger partial charge on any atom is 0.260 e. The third-order valence-corrected chi connectivity index (χ3v) is 4.67. The van der Waals surface area contributed by atoms with Gasteiger partial charge < -0.3 is 20.6 Å². The zero-order valence-electron chi connectivity index (χ0n) is 16.9. The van der Waals surface area contributed by atoms with Crippen LogP contribution in [0.4, 0.5) is 10.1 Å². The fourth-order valence-electron chi connectivity index (χ4n) is 2.76. The van der Waals surface area contributed by atoms with Gasteiger partial charge >= 0.3 is 0 Å². The first-order valence-electron chi connectivity index (χ1n) is 9.18. The van der Waals surface area contributed by atoms with Crippen LogP contribution < -0.4 is 15.9 Å². The Bertz CT molecular complexity index is 1120. The standard InChI is InChI=1S/C22H20ClFN4O3/c1-13-3-5-14(6-4-13)12-31-18-8-7-17(23)19(20(18)24)21(29)27-16-9-15(10-26-11-16)22(28-25)30-2/h3-11H,12,25H2,1-2H3,(H,27,29)/b28-22+. The first-order valence-corrected chi connectivity index (χ1v) is 9.55. The summed E-state index contributed by atoms with van der Waals surface area (Å²) in [6.07, 6.45) is 2.84. The Morgan fingerprint density at radius 3 is 2.65 bits per heavy atom. The fourth-order valence-corrected chi connectivity index (χ4v) is 2.99. The van der Waals surface area contributed by atoms with E-state index in [2.05, 4.69) is 15.4 Å². The maximum absolute atomic E-state index is 15.0. The van der Waals surface area contributed by atoms with Crippen LogP contribution in [0.25, 0.3) is 0 Å². The number of hydrogen-bond acceptors (Lipinski definition) is 6. The van der Waals surface area contributed by atoms with Crippen molar-refractivity contribution in [1.29, 1.82) is 0 Å². The molecule has 0 bridgehead atoms. The number of hydrazone groups is 1. The van der Waals surface area contributed by atoms with Crippen LogP contribution in [-0.2, 0) is 11.3 Å². The maximum atomic E-state index is 15.0. The molecule has 3 N–H and O–H groups in total. The first-order chi connectivity index (χ1) is 14.9. The number of nitrogens with one attached hydrogen (secondary N) is 1. The Kier molecular flexibility index (Phi) is 7.04. The van der Waals surface area contributed by atoms with Crippen molar-refractivity contribution in [3.05, 3.63) is 88.0 Å². The Balaban J connectivity index is 1.80. The molecule has 0 saturated carbocycles. The number of anilines is 1. The number of pyridine rings is 1. The number of rotatable bonds is 6. The summed E-state index contributed by atoms with van der Waals surface area (Å²) >= 11 is 6.10. The lowest BCUT2D eigenvalue weighted by Crippen LogP contribution is -2.16. The molecule has 0 unspecified atom stereocenters. The van der Waals surface area contributed by atoms with Crippen LogP contribution >= 0.6 is 11.6 Å². The Hall–Kier alpha value is -3.65. The molecule has 0 saturated heterocycles. The topological polar surface area (TPSA) is 98.8 Å². The van der Waals surface area contributed by atoms with E-state index < -0.39 is 11.7 Å². The summed E-state index contributed by atoms with van der Waals surface area (Å²) in [5.41, 5.74) is 2.35. The molecule has 2 aromatic carbocycles. The van der Waals surface area contributed by atoms with Gasteiger partial charge in [-0.2, -0.15) is 0 Å². The molecule has 1 aromatic heterocycles. The van der Waals surface area contributed by atoms with Gasteiger partial charge in [0, 0.05) is 6.20 Å². The quantitative estimate of drug-likeness (QED) is 0.257. The number of benzene rings is 2. The number of carbonyl (C=O) groups is 1. The minimum absolute atomic E-state index is 0.0529. The number of ether oxygens (including phenoxy) is 2. The van der Waals surface area contributed by atoms with Gasteiger partial charge in [0.2, 0.25) is 5.90 Å². The molecule has 7 nitrogen and oxygen atoms in total. The molecule has 9 heteroatoms. The third kappa shape index (κ3) is 5.29. The highest BCUT2D eigenvalue weighted by Crippen LogP contribution is 2.29. The van der Waals surface area contributed by atoms with Crippen molar-refractivity contribution in [1.82, 2.24) is 4.98 Å². The van der Waals surface area contributed by atoms with E-state index in [1.165, 1.54) is 37.7 Å². The summed E-state index contributed by atoms with van der Waals surface area (Å²) in [6.45, 7) is 2.11. The summed E-state index contributed by atoms with van der Waals surface area (Å²) in [5, 5.41) is 5.99. The molecule has 160 valence electrons. The third-order valence-electron chi connectivity index (χ3n) is 4.35. The number of hydrogen-bond donors (Lipinski definition) is 2. The number of methoxy groups -OCH3 is 1. The van der Waals surface area contributed by atoms with Gasteiger partial charge in [0.15, 0.2) is 11.6 Å². The molecule has 31 heavy (non-hydrogen) atoms. The molecule has 1 amide bonds. The highest BCUT2D eigenvalue weighted by Gasteiger charge is 2.21. The fraction of sp³-hybridized carbons (Fsp3) is 0.136. The first kappa shape index (κ1) is 22.0. The number of nitrogens with two attached hydrogens (primary N) is 1. The molecule has 0 aliphatic heterocycles. The summed E-state index contributed by atoms with van der Waals surface area (Å²) in [7, 11) is 1.40. The molecule has 0 atom stereocenters. The highest BCUT2D eigenvalue weighted by molar-refractivity contribution is 6.34. The number of carbonyl (C=O) groups excluding carboxylic acids is 1. The van der Waals surface area contributed by atoms with Gasteiger partial charge in [0.1, 0.15) is 6.61 Å². The lowest BCUT2D eigenvalue weighted by Gasteiger charge is -2.13. The summed E-state index contributed by atoms with van der Waals surface area (Å²) in [5.74, 6) is 3.68. The number of aromatic nitrogens is 1. The molecule has 3 aromatic rings. The minimum Gasteiger partial charge on any atom is -0.486 e. The van der Waals surface area contributed by atoms with Crippen LogP contribution in [-0.4, -0.2) is 23.9 Å². The van der Waals surface area contributed by atoms with E-state index in [-0.39, 0.29) is 34.5 Å². The number of amides is 1. The number of nitrogens with zero attached hydrogens (tertiary/aromatic N) is 2. The van der Waals surface area contributed by atoms with E-state index in [0.29, 0.717) is 5.56 Å². The van der Waals surface area contributed by atoms with E-state index in [9.17, 15) is 4.79 Å². The highest BCUT2D eigenvalue weighted by atomic mass is 35.5. The van der Waals surface area contributed by atoms with Crippen molar-refractivity contribution in [3.8, 4) is 5.75 Å². The van der Waals surface area contributed by atoms with Crippen LogP contribution in [0.2, 0.25) is 5.02 Å². The van der Waals surface area contributed by atoms with Crippen LogP contribution in [0.5, 0.6) is 5.75 Å². The van der Waals surface area contributed by atoms with Crippen LogP contribution in [0, 0.1) is 12.7 Å². The molecular weight excluding hydrogens is 423 g/mol. The summed E-state index contributed by atoms with van der Waals surface area (Å²) < 4.78 is 25.6. The smallest absolute Gasteiger partial charge is 0.260 e. The predicted molar refractivity (Wildman–Crippen MR) is 117 cm³/mol. The van der Waals surface area contributed by atoms with Crippen molar-refractivity contribution in [2.75, 3.05) is 12.4 Å². The average molecular weight is 443 g/mol. The van der Waals surface area contributed by atoms with E-state index in [1.54, 1.807) is 0 Å². The average Bonchev–Trinajstić information content (AvgIpc) is 2.75. The van der Waals surface area contributed by atoms with Gasteiger partial charge in [-0.1, -0.05) is 41.4 Å². The second-order valence-corrected chi connectivity index (χ2v) is 6.97. The van der Waals surface area contributed by atoms with Gasteiger partial charge in [0.25, 0.3) is 5.91 Å². The molecule has 1 heterocycles. The van der Waals surface area contributed by atoms with Gasteiger partial charge in [-0.3, -0.25) is 9.78 Å². The number of aryl methyl sites for hydroxylation is 1. The van der Waals surface area contributed by atoms with E-state index in [4.69, 9.17) is 26.9 Å². The molecule has 0 fully saturated rings. The summed E-state index contributed by atoms with van der Waals surface area (Å²) in [6, 6.07) is 12.0. The zero-order chi connectivity index (χ0) is 22.4. The Morgan fingerprint density at radius 1 is 1.23 bits per heavy atom. The molecular formula is C22H20ClFN4O3. The molecule has 0 aliphatic rings. The minimum atomic E-state index is -0.859. The normalized spacial score (nSPS) is 11.2. The largest absolute Gasteiger partial charge is 0.486 e. The van der Waals surface area contributed by atoms with Crippen LogP contribution in [0.3, 0.4) is 0 Å². The molecule has 0 spiro atoms. The van der Waals surface area contributed by atoms with Crippen molar-refractivity contribution in [2.45, 2.75) is 13.5 Å². The van der Waals surface area contributed by atoms with Gasteiger partial charge in [-0.05, 0) is 30.7 Å². The molecule has 3 rings (SSSR count). The number of halogens is 2. The van der Waals surface area contributed by atoms with Crippen molar-refractivity contribution < 1.29 is 18.7 Å². The van der Waals surface area contributed by atoms with Crippen molar-refractivity contribution in [3.63, 3.8) is 0 Å². The van der Waals surface area contributed by atoms with Gasteiger partial charge in [-0.15, -0.1) is 5.10 Å². The van der Waals surface area contributed by atoms with Crippen molar-refractivity contribution in [2.24, 2.45) is 10.9 Å². The monoisotopic (exact) mass is 442 g/mol. The lowest BCUT2D eigenvalue weighted by molar-refractivity contribution is 0.102. The SMILES string of the molecule is CO/C(=N/N)c1cncc(NC(=O)c2c(Cl)ccc(OCc3ccc(C)cc3)c2F)c1. The van der Waals surface area contributed by atoms with Gasteiger partial charge in [-0.25, -0.2) is 4.39 Å². The molecule has 0 radical (unpaired) electrons. The van der Waals surface area contributed by atoms with E-state index in [0.717, 1.165) is 11.1 Å².